The van der Waals surface area contributed by atoms with Gasteiger partial charge in [0.2, 0.25) is 0 Å². The van der Waals surface area contributed by atoms with Crippen molar-refractivity contribution >= 4 is 23.9 Å². The molecular formula is C9H8ClNO. The summed E-state index contributed by atoms with van der Waals surface area (Å²) in [6.45, 7) is 0. The molecule has 0 aliphatic rings. The molecule has 1 aromatic carbocycles. The lowest BCUT2D eigenvalue weighted by atomic mass is 10.2. The van der Waals surface area contributed by atoms with Gasteiger partial charge in [-0.05, 0) is 11.6 Å². The van der Waals surface area contributed by atoms with Crippen molar-refractivity contribution in [1.29, 1.82) is 0 Å². The molecule has 0 spiro atoms. The van der Waals surface area contributed by atoms with Crippen LogP contribution >= 0.6 is 11.6 Å². The fraction of sp³-hybridized carbons (Fsp3) is 0. The Morgan fingerprint density at radius 3 is 2.58 bits per heavy atom. The zero-order valence-electron chi connectivity index (χ0n) is 6.31. The van der Waals surface area contributed by atoms with E-state index < -0.39 is 0 Å². The van der Waals surface area contributed by atoms with Gasteiger partial charge in [-0.2, -0.15) is 0 Å². The van der Waals surface area contributed by atoms with Crippen LogP contribution in [-0.2, 0) is 0 Å². The van der Waals surface area contributed by atoms with Gasteiger partial charge in [0.1, 0.15) is 0 Å². The Kier molecular flexibility index (Phi) is 3.35. The van der Waals surface area contributed by atoms with Crippen molar-refractivity contribution in [3.8, 4) is 0 Å². The van der Waals surface area contributed by atoms with Crippen LogP contribution in [0, 0.1) is 0 Å². The smallest absolute Gasteiger partial charge is 0.0847 e. The summed E-state index contributed by atoms with van der Waals surface area (Å²) in [6.07, 6.45) is 2.88. The highest BCUT2D eigenvalue weighted by Gasteiger charge is 1.87. The normalized spacial score (nSPS) is 12.2. The van der Waals surface area contributed by atoms with E-state index in [1.807, 2.05) is 30.3 Å². The van der Waals surface area contributed by atoms with Crippen molar-refractivity contribution in [3.05, 3.63) is 40.9 Å². The van der Waals surface area contributed by atoms with Gasteiger partial charge in [0.25, 0.3) is 0 Å². The number of oxime groups is 1. The van der Waals surface area contributed by atoms with Gasteiger partial charge in [-0.1, -0.05) is 47.1 Å². The molecular weight excluding hydrogens is 174 g/mol. The van der Waals surface area contributed by atoms with Gasteiger partial charge < -0.3 is 5.21 Å². The number of rotatable bonds is 2. The molecule has 0 saturated heterocycles. The summed E-state index contributed by atoms with van der Waals surface area (Å²) >= 11 is 5.67. The first-order valence-corrected chi connectivity index (χ1v) is 3.80. The first-order valence-electron chi connectivity index (χ1n) is 3.42. The van der Waals surface area contributed by atoms with E-state index in [9.17, 15) is 0 Å². The third kappa shape index (κ3) is 2.76. The Bertz CT molecular complexity index is 293. The molecule has 0 unspecified atom stereocenters. The third-order valence-electron chi connectivity index (χ3n) is 1.29. The van der Waals surface area contributed by atoms with Crippen LogP contribution in [0.25, 0.3) is 6.08 Å². The van der Waals surface area contributed by atoms with E-state index in [2.05, 4.69) is 5.16 Å². The molecule has 0 atom stereocenters. The molecule has 0 aliphatic heterocycles. The Morgan fingerprint density at radius 1 is 1.33 bits per heavy atom. The molecule has 1 N–H and O–H groups in total. The van der Waals surface area contributed by atoms with Crippen LogP contribution in [0.15, 0.2) is 40.5 Å². The highest BCUT2D eigenvalue weighted by atomic mass is 35.5. The monoisotopic (exact) mass is 181 g/mol. The number of hydrogen-bond donors (Lipinski definition) is 1. The predicted octanol–water partition coefficient (Wildman–Crippen LogP) is 2.73. The molecule has 2 nitrogen and oxygen atoms in total. The van der Waals surface area contributed by atoms with Gasteiger partial charge >= 0.3 is 0 Å². The number of halogens is 1. The summed E-state index contributed by atoms with van der Waals surface area (Å²) in [4.78, 5) is 0. The number of benzene rings is 1. The second-order valence-electron chi connectivity index (χ2n) is 2.18. The molecule has 0 fully saturated rings. The van der Waals surface area contributed by atoms with E-state index in [0.29, 0.717) is 5.03 Å². The van der Waals surface area contributed by atoms with E-state index in [4.69, 9.17) is 16.8 Å². The molecule has 62 valence electrons. The average Bonchev–Trinajstić information content (AvgIpc) is 2.06. The summed E-state index contributed by atoms with van der Waals surface area (Å²) in [5.74, 6) is 0. The SMILES string of the molecule is O/N=C\C(Cl)=C\c1ccccc1. The van der Waals surface area contributed by atoms with Gasteiger partial charge in [0, 0.05) is 0 Å². The Hall–Kier alpha value is -1.28. The van der Waals surface area contributed by atoms with Gasteiger partial charge in [-0.3, -0.25) is 0 Å². The van der Waals surface area contributed by atoms with Gasteiger partial charge in [-0.15, -0.1) is 0 Å². The van der Waals surface area contributed by atoms with Crippen molar-refractivity contribution in [2.24, 2.45) is 5.16 Å². The predicted molar refractivity (Wildman–Crippen MR) is 50.6 cm³/mol. The van der Waals surface area contributed by atoms with Crippen molar-refractivity contribution in [2.45, 2.75) is 0 Å². The summed E-state index contributed by atoms with van der Waals surface area (Å²) in [5.41, 5.74) is 0.974. The highest BCUT2D eigenvalue weighted by Crippen LogP contribution is 2.07. The molecule has 0 aromatic heterocycles. The van der Waals surface area contributed by atoms with Gasteiger partial charge in [0.05, 0.1) is 11.2 Å². The number of hydrogen-bond acceptors (Lipinski definition) is 2. The molecule has 0 heterocycles. The molecule has 1 rings (SSSR count). The maximum absolute atomic E-state index is 8.16. The van der Waals surface area contributed by atoms with E-state index in [0.717, 1.165) is 5.56 Å². The van der Waals surface area contributed by atoms with E-state index in [-0.39, 0.29) is 0 Å². The second kappa shape index (κ2) is 4.57. The topological polar surface area (TPSA) is 32.6 Å². The van der Waals surface area contributed by atoms with Crippen LogP contribution in [0.3, 0.4) is 0 Å². The highest BCUT2D eigenvalue weighted by molar-refractivity contribution is 6.41. The Balaban J connectivity index is 2.81. The van der Waals surface area contributed by atoms with Crippen molar-refractivity contribution in [3.63, 3.8) is 0 Å². The Labute approximate surface area is 75.8 Å². The van der Waals surface area contributed by atoms with Crippen LogP contribution in [0.5, 0.6) is 0 Å². The maximum Gasteiger partial charge on any atom is 0.0847 e. The lowest BCUT2D eigenvalue weighted by molar-refractivity contribution is 0.322. The van der Waals surface area contributed by atoms with Gasteiger partial charge in [-0.25, -0.2) is 0 Å². The van der Waals surface area contributed by atoms with Gasteiger partial charge in [0.15, 0.2) is 0 Å². The minimum absolute atomic E-state index is 0.392. The molecule has 0 saturated carbocycles. The molecule has 3 heteroatoms. The third-order valence-corrected chi connectivity index (χ3v) is 1.49. The number of allylic oxidation sites excluding steroid dienone is 1. The fourth-order valence-electron chi connectivity index (χ4n) is 0.801. The van der Waals surface area contributed by atoms with E-state index in [1.165, 1.54) is 6.21 Å². The molecule has 1 aromatic rings. The van der Waals surface area contributed by atoms with Crippen LogP contribution in [0.1, 0.15) is 5.56 Å². The number of nitrogens with zero attached hydrogens (tertiary/aromatic N) is 1. The zero-order chi connectivity index (χ0) is 8.81. The van der Waals surface area contributed by atoms with Crippen LogP contribution in [0.2, 0.25) is 0 Å². The Morgan fingerprint density at radius 2 is 2.00 bits per heavy atom. The first-order chi connectivity index (χ1) is 5.83. The lowest BCUT2D eigenvalue weighted by Crippen LogP contribution is -1.75. The fourth-order valence-corrected chi connectivity index (χ4v) is 0.971. The second-order valence-corrected chi connectivity index (χ2v) is 2.62. The summed E-state index contributed by atoms with van der Waals surface area (Å²) in [5, 5.41) is 11.4. The van der Waals surface area contributed by atoms with Crippen molar-refractivity contribution < 1.29 is 5.21 Å². The molecule has 0 amide bonds. The molecule has 12 heavy (non-hydrogen) atoms. The van der Waals surface area contributed by atoms with Crippen molar-refractivity contribution in [1.82, 2.24) is 0 Å². The largest absolute Gasteiger partial charge is 0.411 e. The summed E-state index contributed by atoms with van der Waals surface area (Å²) < 4.78 is 0. The lowest BCUT2D eigenvalue weighted by Gasteiger charge is -1.90. The van der Waals surface area contributed by atoms with E-state index in [1.54, 1.807) is 6.08 Å². The minimum atomic E-state index is 0.392. The van der Waals surface area contributed by atoms with Crippen molar-refractivity contribution in [2.75, 3.05) is 0 Å². The van der Waals surface area contributed by atoms with Crippen LogP contribution in [-0.4, -0.2) is 11.4 Å². The quantitative estimate of drug-likeness (QED) is 0.425. The average molecular weight is 182 g/mol. The van der Waals surface area contributed by atoms with Crippen LogP contribution in [0.4, 0.5) is 0 Å². The molecule has 0 radical (unpaired) electrons. The molecule has 0 aliphatic carbocycles. The summed E-state index contributed by atoms with van der Waals surface area (Å²) in [7, 11) is 0. The minimum Gasteiger partial charge on any atom is -0.411 e. The first kappa shape index (κ1) is 8.81. The summed E-state index contributed by atoms with van der Waals surface area (Å²) in [6, 6.07) is 9.56. The van der Waals surface area contributed by atoms with Crippen LogP contribution < -0.4 is 0 Å². The van der Waals surface area contributed by atoms with E-state index >= 15 is 0 Å². The standard InChI is InChI=1S/C9H8ClNO/c10-9(7-11-12)6-8-4-2-1-3-5-8/h1-7,12H/b9-6-,11-7-. The zero-order valence-corrected chi connectivity index (χ0v) is 7.07. The molecule has 0 bridgehead atoms. The maximum atomic E-state index is 8.16.